The zero-order chi connectivity index (χ0) is 15.2. The predicted molar refractivity (Wildman–Crippen MR) is 74.2 cm³/mol. The van der Waals surface area contributed by atoms with Crippen molar-refractivity contribution >= 4 is 11.9 Å². The van der Waals surface area contributed by atoms with Crippen LogP contribution >= 0.6 is 0 Å². The molecule has 1 heterocycles. The number of aromatic nitrogens is 2. The van der Waals surface area contributed by atoms with Crippen molar-refractivity contribution < 1.29 is 14.7 Å². The molecule has 1 atom stereocenters. The number of rotatable bonds is 7. The van der Waals surface area contributed by atoms with E-state index >= 15 is 0 Å². The van der Waals surface area contributed by atoms with Gasteiger partial charge in [0.15, 0.2) is 0 Å². The fourth-order valence-corrected chi connectivity index (χ4v) is 1.63. The number of aromatic amines is 1. The summed E-state index contributed by atoms with van der Waals surface area (Å²) in [6, 6.07) is -0.947. The van der Waals surface area contributed by atoms with Crippen molar-refractivity contribution in [3.05, 3.63) is 18.2 Å². The Morgan fingerprint density at radius 3 is 2.65 bits per heavy atom. The lowest BCUT2D eigenvalue weighted by atomic mass is 10.1. The summed E-state index contributed by atoms with van der Waals surface area (Å²) in [5.74, 6) is -1.34. The van der Waals surface area contributed by atoms with Crippen LogP contribution in [0.4, 0.5) is 0 Å². The highest BCUT2D eigenvalue weighted by Crippen LogP contribution is 2.00. The van der Waals surface area contributed by atoms with Gasteiger partial charge in [-0.1, -0.05) is 0 Å². The number of carbonyl (C=O) groups is 2. The number of carboxylic acids is 1. The Morgan fingerprint density at radius 2 is 2.15 bits per heavy atom. The van der Waals surface area contributed by atoms with E-state index in [-0.39, 0.29) is 24.3 Å². The predicted octanol–water partition coefficient (Wildman–Crippen LogP) is 0.300. The Bertz CT molecular complexity index is 437. The van der Waals surface area contributed by atoms with E-state index in [1.807, 2.05) is 20.8 Å². The summed E-state index contributed by atoms with van der Waals surface area (Å²) in [7, 11) is 0. The van der Waals surface area contributed by atoms with Gasteiger partial charge in [0.2, 0.25) is 5.91 Å². The molecule has 1 amide bonds. The number of carbonyl (C=O) groups excluding carboxylic acids is 1. The first-order chi connectivity index (χ1) is 9.28. The molecule has 0 saturated carbocycles. The van der Waals surface area contributed by atoms with E-state index in [9.17, 15) is 9.59 Å². The van der Waals surface area contributed by atoms with Gasteiger partial charge in [-0.05, 0) is 20.8 Å². The van der Waals surface area contributed by atoms with Crippen LogP contribution < -0.4 is 10.6 Å². The number of imidazole rings is 1. The van der Waals surface area contributed by atoms with Gasteiger partial charge in [-0.25, -0.2) is 9.78 Å². The quantitative estimate of drug-likeness (QED) is 0.575. The summed E-state index contributed by atoms with van der Waals surface area (Å²) in [4.78, 5) is 29.5. The zero-order valence-electron chi connectivity index (χ0n) is 12.1. The average molecular weight is 282 g/mol. The first-order valence-electron chi connectivity index (χ1n) is 6.52. The number of amides is 1. The third kappa shape index (κ3) is 6.33. The molecule has 1 aromatic rings. The molecule has 0 aliphatic rings. The molecule has 7 nitrogen and oxygen atoms in total. The third-order valence-corrected chi connectivity index (χ3v) is 2.62. The molecule has 7 heteroatoms. The highest BCUT2D eigenvalue weighted by atomic mass is 16.4. The van der Waals surface area contributed by atoms with E-state index in [4.69, 9.17) is 5.11 Å². The lowest BCUT2D eigenvalue weighted by Crippen LogP contribution is -2.44. The molecule has 0 aliphatic carbocycles. The Kier molecular flexibility index (Phi) is 5.69. The molecule has 4 N–H and O–H groups in total. The minimum absolute atomic E-state index is 0.0671. The van der Waals surface area contributed by atoms with Gasteiger partial charge in [0.05, 0.1) is 6.33 Å². The van der Waals surface area contributed by atoms with Crippen LogP contribution in [0, 0.1) is 0 Å². The van der Waals surface area contributed by atoms with Crippen molar-refractivity contribution in [1.82, 2.24) is 20.6 Å². The van der Waals surface area contributed by atoms with E-state index < -0.39 is 12.0 Å². The maximum Gasteiger partial charge on any atom is 0.326 e. The normalized spacial score (nSPS) is 12.9. The van der Waals surface area contributed by atoms with Gasteiger partial charge in [0, 0.05) is 36.8 Å². The Morgan fingerprint density at radius 1 is 1.45 bits per heavy atom. The smallest absolute Gasteiger partial charge is 0.326 e. The lowest BCUT2D eigenvalue weighted by molar-refractivity contribution is -0.141. The first-order valence-corrected chi connectivity index (χ1v) is 6.52. The highest BCUT2D eigenvalue weighted by Gasteiger charge is 2.21. The zero-order valence-corrected chi connectivity index (χ0v) is 12.1. The molecule has 20 heavy (non-hydrogen) atoms. The number of hydrogen-bond acceptors (Lipinski definition) is 4. The maximum absolute atomic E-state index is 11.7. The van der Waals surface area contributed by atoms with E-state index in [2.05, 4.69) is 20.6 Å². The van der Waals surface area contributed by atoms with Crippen LogP contribution in [0.2, 0.25) is 0 Å². The number of hydrogen-bond donors (Lipinski definition) is 4. The van der Waals surface area contributed by atoms with Crippen LogP contribution in [-0.2, 0) is 16.0 Å². The first kappa shape index (κ1) is 16.2. The number of nitrogens with zero attached hydrogens (tertiary/aromatic N) is 1. The molecule has 0 saturated heterocycles. The summed E-state index contributed by atoms with van der Waals surface area (Å²) < 4.78 is 0. The highest BCUT2D eigenvalue weighted by molar-refractivity contribution is 5.83. The fraction of sp³-hybridized carbons (Fsp3) is 0.615. The fourth-order valence-electron chi connectivity index (χ4n) is 1.63. The molecule has 0 radical (unpaired) electrons. The molecule has 1 rings (SSSR count). The van der Waals surface area contributed by atoms with Crippen LogP contribution in [0.3, 0.4) is 0 Å². The number of H-pyrrole nitrogens is 1. The molecule has 112 valence electrons. The molecule has 0 bridgehead atoms. The van der Waals surface area contributed by atoms with Crippen molar-refractivity contribution in [2.45, 2.75) is 45.2 Å². The second-order valence-corrected chi connectivity index (χ2v) is 5.67. The summed E-state index contributed by atoms with van der Waals surface area (Å²) in [5, 5.41) is 14.8. The van der Waals surface area contributed by atoms with Crippen molar-refractivity contribution in [2.75, 3.05) is 6.54 Å². The van der Waals surface area contributed by atoms with Gasteiger partial charge in [0.1, 0.15) is 6.04 Å². The van der Waals surface area contributed by atoms with Crippen LogP contribution in [0.15, 0.2) is 12.5 Å². The molecule has 0 aliphatic heterocycles. The van der Waals surface area contributed by atoms with Crippen LogP contribution in [-0.4, -0.2) is 45.1 Å². The third-order valence-electron chi connectivity index (χ3n) is 2.62. The summed E-state index contributed by atoms with van der Waals surface area (Å²) >= 11 is 0. The lowest BCUT2D eigenvalue weighted by Gasteiger charge is -2.20. The van der Waals surface area contributed by atoms with Gasteiger partial charge in [-0.15, -0.1) is 0 Å². The van der Waals surface area contributed by atoms with Crippen LogP contribution in [0.1, 0.15) is 32.9 Å². The molecule has 1 aromatic heterocycles. The van der Waals surface area contributed by atoms with Crippen molar-refractivity contribution in [2.24, 2.45) is 0 Å². The largest absolute Gasteiger partial charge is 0.480 e. The Hall–Kier alpha value is -1.89. The molecule has 0 fully saturated rings. The summed E-state index contributed by atoms with van der Waals surface area (Å²) in [6.07, 6.45) is 3.45. The Balaban J connectivity index is 2.41. The SMILES string of the molecule is CC(C)(C)NCCC(=O)N[C@@H](Cc1cnc[nH]1)C(=O)O. The number of aliphatic carboxylic acids is 1. The minimum atomic E-state index is -1.06. The van der Waals surface area contributed by atoms with Crippen LogP contribution in [0.25, 0.3) is 0 Å². The molecule has 0 aromatic carbocycles. The maximum atomic E-state index is 11.7. The van der Waals surface area contributed by atoms with Gasteiger partial charge in [0.25, 0.3) is 0 Å². The summed E-state index contributed by atoms with van der Waals surface area (Å²) in [5.41, 5.74) is 0.605. The van der Waals surface area contributed by atoms with Crippen molar-refractivity contribution in [3.8, 4) is 0 Å². The monoisotopic (exact) mass is 282 g/mol. The molecular weight excluding hydrogens is 260 g/mol. The number of carboxylic acid groups (broad SMARTS) is 1. The van der Waals surface area contributed by atoms with Gasteiger partial charge >= 0.3 is 5.97 Å². The van der Waals surface area contributed by atoms with E-state index in [0.717, 1.165) is 0 Å². The van der Waals surface area contributed by atoms with Gasteiger partial charge in [-0.3, -0.25) is 4.79 Å². The van der Waals surface area contributed by atoms with Gasteiger partial charge < -0.3 is 20.7 Å². The second-order valence-electron chi connectivity index (χ2n) is 5.67. The van der Waals surface area contributed by atoms with Crippen molar-refractivity contribution in [3.63, 3.8) is 0 Å². The molecule has 0 spiro atoms. The van der Waals surface area contributed by atoms with E-state index in [1.54, 1.807) is 6.20 Å². The minimum Gasteiger partial charge on any atom is -0.480 e. The summed E-state index contributed by atoms with van der Waals surface area (Å²) in [6.45, 7) is 6.52. The van der Waals surface area contributed by atoms with E-state index in [1.165, 1.54) is 6.33 Å². The number of nitrogens with one attached hydrogen (secondary N) is 3. The standard InChI is InChI=1S/C13H22N4O3/c1-13(2,3)16-5-4-11(18)17-10(12(19)20)6-9-7-14-8-15-9/h7-8,10,16H,4-6H2,1-3H3,(H,14,15)(H,17,18)(H,19,20)/t10-/m0/s1. The van der Waals surface area contributed by atoms with Gasteiger partial charge in [-0.2, -0.15) is 0 Å². The van der Waals surface area contributed by atoms with Crippen LogP contribution in [0.5, 0.6) is 0 Å². The Labute approximate surface area is 118 Å². The second kappa shape index (κ2) is 7.04. The van der Waals surface area contributed by atoms with Crippen molar-refractivity contribution in [1.29, 1.82) is 0 Å². The topological polar surface area (TPSA) is 107 Å². The van der Waals surface area contributed by atoms with E-state index in [0.29, 0.717) is 12.2 Å². The average Bonchev–Trinajstić information content (AvgIpc) is 2.79. The molecular formula is C13H22N4O3. The molecule has 0 unspecified atom stereocenters.